The Morgan fingerprint density at radius 3 is 2.93 bits per heavy atom. The van der Waals surface area contributed by atoms with Gasteiger partial charge in [-0.1, -0.05) is 11.6 Å². The van der Waals surface area contributed by atoms with E-state index in [0.29, 0.717) is 0 Å². The van der Waals surface area contributed by atoms with Crippen LogP contribution in [-0.2, 0) is 6.54 Å². The molecule has 0 atom stereocenters. The van der Waals surface area contributed by atoms with Crippen molar-refractivity contribution < 1.29 is 0 Å². The van der Waals surface area contributed by atoms with E-state index < -0.39 is 0 Å². The molecule has 2 rings (SSSR count). The summed E-state index contributed by atoms with van der Waals surface area (Å²) in [5, 5.41) is 7.08. The van der Waals surface area contributed by atoms with Gasteiger partial charge in [-0.2, -0.15) is 5.10 Å². The van der Waals surface area contributed by atoms with E-state index in [4.69, 9.17) is 11.6 Å². The van der Waals surface area contributed by atoms with Crippen LogP contribution >= 0.6 is 38.9 Å². The maximum absolute atomic E-state index is 5.91. The first-order valence-electron chi connectivity index (χ1n) is 4.07. The molecular weight excluding hydrogens is 284 g/mol. The van der Waals surface area contributed by atoms with E-state index in [0.717, 1.165) is 21.7 Å². The molecule has 0 aliphatic carbocycles. The highest BCUT2D eigenvalue weighted by atomic mass is 79.9. The van der Waals surface area contributed by atoms with Gasteiger partial charge in [0.15, 0.2) is 0 Å². The summed E-state index contributed by atoms with van der Waals surface area (Å²) in [5.74, 6) is 0. The van der Waals surface area contributed by atoms with Crippen molar-refractivity contribution in [2.75, 3.05) is 0 Å². The van der Waals surface area contributed by atoms with Gasteiger partial charge in [-0.25, -0.2) is 0 Å². The zero-order valence-electron chi connectivity index (χ0n) is 7.50. The second kappa shape index (κ2) is 4.04. The standard InChI is InChI=1S/C9H8BrClN2S/c1-6-9(11)4-13(12-6)3-8-2-7(10)5-14-8/h2,4-5H,3H2,1H3. The molecule has 0 fully saturated rings. The van der Waals surface area contributed by atoms with Crippen LogP contribution in [0, 0.1) is 6.92 Å². The Bertz CT molecular complexity index is 430. The summed E-state index contributed by atoms with van der Waals surface area (Å²) in [6.45, 7) is 2.69. The van der Waals surface area contributed by atoms with Crippen LogP contribution in [0.5, 0.6) is 0 Å². The van der Waals surface area contributed by atoms with Gasteiger partial charge in [-0.05, 0) is 28.9 Å². The number of thiophene rings is 1. The predicted octanol–water partition coefficient (Wildman–Crippen LogP) is 3.72. The van der Waals surface area contributed by atoms with Crippen LogP contribution in [0.1, 0.15) is 10.6 Å². The van der Waals surface area contributed by atoms with Crippen molar-refractivity contribution in [2.24, 2.45) is 0 Å². The monoisotopic (exact) mass is 290 g/mol. The Hall–Kier alpha value is -0.320. The lowest BCUT2D eigenvalue weighted by Gasteiger charge is -1.96. The third-order valence-electron chi connectivity index (χ3n) is 1.83. The molecule has 0 spiro atoms. The fourth-order valence-corrected chi connectivity index (χ4v) is 2.76. The van der Waals surface area contributed by atoms with Crippen LogP contribution in [0.4, 0.5) is 0 Å². The minimum absolute atomic E-state index is 0.723. The first-order valence-corrected chi connectivity index (χ1v) is 6.12. The zero-order chi connectivity index (χ0) is 10.1. The maximum atomic E-state index is 5.91. The minimum Gasteiger partial charge on any atom is -0.266 e. The molecule has 0 aliphatic heterocycles. The number of aromatic nitrogens is 2. The van der Waals surface area contributed by atoms with Crippen molar-refractivity contribution >= 4 is 38.9 Å². The van der Waals surface area contributed by atoms with Gasteiger partial charge in [0.1, 0.15) is 0 Å². The molecule has 0 saturated heterocycles. The van der Waals surface area contributed by atoms with E-state index in [1.165, 1.54) is 4.88 Å². The van der Waals surface area contributed by atoms with Crippen molar-refractivity contribution in [3.63, 3.8) is 0 Å². The van der Waals surface area contributed by atoms with E-state index in [1.807, 2.05) is 17.8 Å². The average Bonchev–Trinajstić information content (AvgIpc) is 2.62. The molecule has 2 heterocycles. The summed E-state index contributed by atoms with van der Waals surface area (Å²) >= 11 is 11.0. The predicted molar refractivity (Wildman–Crippen MR) is 63.1 cm³/mol. The average molecular weight is 292 g/mol. The Kier molecular flexibility index (Phi) is 2.95. The fourth-order valence-electron chi connectivity index (χ4n) is 1.17. The number of hydrogen-bond acceptors (Lipinski definition) is 2. The highest BCUT2D eigenvalue weighted by Gasteiger charge is 2.03. The highest BCUT2D eigenvalue weighted by molar-refractivity contribution is 9.10. The molecule has 5 heteroatoms. The largest absolute Gasteiger partial charge is 0.266 e. The van der Waals surface area contributed by atoms with Crippen LogP contribution in [0.15, 0.2) is 22.1 Å². The summed E-state index contributed by atoms with van der Waals surface area (Å²) in [7, 11) is 0. The van der Waals surface area contributed by atoms with Crippen molar-refractivity contribution in [1.29, 1.82) is 0 Å². The van der Waals surface area contributed by atoms with E-state index >= 15 is 0 Å². The van der Waals surface area contributed by atoms with E-state index in [2.05, 4.69) is 32.5 Å². The molecule has 0 amide bonds. The quantitative estimate of drug-likeness (QED) is 0.824. The maximum Gasteiger partial charge on any atom is 0.0815 e. The summed E-state index contributed by atoms with van der Waals surface area (Å²) in [6.07, 6.45) is 1.85. The third-order valence-corrected chi connectivity index (χ3v) is 3.88. The number of nitrogens with zero attached hydrogens (tertiary/aromatic N) is 2. The molecule has 0 bridgehead atoms. The lowest BCUT2D eigenvalue weighted by molar-refractivity contribution is 0.687. The molecule has 74 valence electrons. The summed E-state index contributed by atoms with van der Waals surface area (Å²) in [5.41, 5.74) is 0.877. The number of aryl methyl sites for hydroxylation is 1. The van der Waals surface area contributed by atoms with Gasteiger partial charge in [0.25, 0.3) is 0 Å². The first-order chi connectivity index (χ1) is 6.65. The first kappa shape index (κ1) is 10.2. The second-order valence-electron chi connectivity index (χ2n) is 2.99. The Labute approximate surface area is 99.6 Å². The topological polar surface area (TPSA) is 17.8 Å². The van der Waals surface area contributed by atoms with Gasteiger partial charge in [0, 0.05) is 20.9 Å². The fraction of sp³-hybridized carbons (Fsp3) is 0.222. The van der Waals surface area contributed by atoms with Crippen molar-refractivity contribution in [1.82, 2.24) is 9.78 Å². The zero-order valence-corrected chi connectivity index (χ0v) is 10.7. The summed E-state index contributed by atoms with van der Waals surface area (Å²) in [6, 6.07) is 2.09. The minimum atomic E-state index is 0.723. The van der Waals surface area contributed by atoms with Crippen molar-refractivity contribution in [3.05, 3.63) is 37.7 Å². The van der Waals surface area contributed by atoms with Crippen LogP contribution in [0.2, 0.25) is 5.02 Å². The van der Waals surface area contributed by atoms with Gasteiger partial charge < -0.3 is 0 Å². The highest BCUT2D eigenvalue weighted by Crippen LogP contribution is 2.21. The van der Waals surface area contributed by atoms with Crippen LogP contribution < -0.4 is 0 Å². The summed E-state index contributed by atoms with van der Waals surface area (Å²) < 4.78 is 2.98. The Morgan fingerprint density at radius 1 is 1.64 bits per heavy atom. The van der Waals surface area contributed by atoms with Gasteiger partial charge in [0.05, 0.1) is 17.3 Å². The molecule has 0 saturated carbocycles. The molecule has 2 nitrogen and oxygen atoms in total. The van der Waals surface area contributed by atoms with Crippen LogP contribution in [0.3, 0.4) is 0 Å². The molecule has 0 radical (unpaired) electrons. The molecule has 2 aromatic heterocycles. The van der Waals surface area contributed by atoms with E-state index in [-0.39, 0.29) is 0 Å². The lowest BCUT2D eigenvalue weighted by atomic mass is 10.5. The number of halogens is 2. The van der Waals surface area contributed by atoms with E-state index in [9.17, 15) is 0 Å². The van der Waals surface area contributed by atoms with Gasteiger partial charge in [-0.15, -0.1) is 11.3 Å². The van der Waals surface area contributed by atoms with Gasteiger partial charge in [-0.3, -0.25) is 4.68 Å². The second-order valence-corrected chi connectivity index (χ2v) is 5.31. The van der Waals surface area contributed by atoms with Crippen LogP contribution in [-0.4, -0.2) is 9.78 Å². The Morgan fingerprint density at radius 2 is 2.43 bits per heavy atom. The molecule has 0 N–H and O–H groups in total. The van der Waals surface area contributed by atoms with Gasteiger partial charge in [0.2, 0.25) is 0 Å². The smallest absolute Gasteiger partial charge is 0.0815 e. The SMILES string of the molecule is Cc1nn(Cc2cc(Br)cs2)cc1Cl. The molecule has 0 unspecified atom stereocenters. The molecular formula is C9H8BrClN2S. The van der Waals surface area contributed by atoms with Crippen molar-refractivity contribution in [3.8, 4) is 0 Å². The molecule has 0 aliphatic rings. The van der Waals surface area contributed by atoms with Crippen molar-refractivity contribution in [2.45, 2.75) is 13.5 Å². The third kappa shape index (κ3) is 2.19. The van der Waals surface area contributed by atoms with Gasteiger partial charge >= 0.3 is 0 Å². The molecule has 14 heavy (non-hydrogen) atoms. The van der Waals surface area contributed by atoms with E-state index in [1.54, 1.807) is 11.3 Å². The summed E-state index contributed by atoms with van der Waals surface area (Å²) in [4.78, 5) is 1.26. The van der Waals surface area contributed by atoms with Crippen LogP contribution in [0.25, 0.3) is 0 Å². The normalized spacial score (nSPS) is 10.8. The lowest BCUT2D eigenvalue weighted by Crippen LogP contribution is -1.98. The number of hydrogen-bond donors (Lipinski definition) is 0. The molecule has 2 aromatic rings. The number of rotatable bonds is 2. The Balaban J connectivity index is 2.18. The molecule has 0 aromatic carbocycles.